The summed E-state index contributed by atoms with van der Waals surface area (Å²) < 4.78 is 2.92. The molecule has 0 bridgehead atoms. The zero-order valence-corrected chi connectivity index (χ0v) is 15.7. The average Bonchev–Trinajstić information content (AvgIpc) is 2.96. The highest BCUT2D eigenvalue weighted by atomic mass is 79.9. The summed E-state index contributed by atoms with van der Waals surface area (Å²) in [6, 6.07) is 17.4. The van der Waals surface area contributed by atoms with Crippen molar-refractivity contribution in [1.82, 2.24) is 9.78 Å². The Labute approximate surface area is 159 Å². The van der Waals surface area contributed by atoms with Crippen LogP contribution >= 0.6 is 39.7 Å². The normalized spacial score (nSPS) is 10.4. The highest BCUT2D eigenvalue weighted by Crippen LogP contribution is 2.16. The van der Waals surface area contributed by atoms with E-state index in [0.717, 1.165) is 10.2 Å². The molecule has 0 atom stereocenters. The van der Waals surface area contributed by atoms with E-state index >= 15 is 0 Å². The van der Waals surface area contributed by atoms with E-state index in [0.29, 0.717) is 22.5 Å². The van der Waals surface area contributed by atoms with Gasteiger partial charge >= 0.3 is 0 Å². The van der Waals surface area contributed by atoms with Gasteiger partial charge in [-0.2, -0.15) is 5.10 Å². The fraction of sp³-hybridized carbons (Fsp3) is 0.0588. The SMILES string of the molecule is S=C(Nc1cccc(Cl)c1)Nc1ccn(Cc2ccc(Br)cc2)n1. The van der Waals surface area contributed by atoms with Crippen molar-refractivity contribution in [3.05, 3.63) is 75.9 Å². The third-order valence-corrected chi connectivity index (χ3v) is 4.19. The number of halogens is 2. The maximum atomic E-state index is 5.96. The van der Waals surface area contributed by atoms with Crippen LogP contribution in [-0.2, 0) is 6.54 Å². The van der Waals surface area contributed by atoms with Gasteiger partial charge in [-0.15, -0.1) is 0 Å². The van der Waals surface area contributed by atoms with Gasteiger partial charge in [0.1, 0.15) is 0 Å². The predicted molar refractivity (Wildman–Crippen MR) is 107 cm³/mol. The van der Waals surface area contributed by atoms with Gasteiger partial charge in [0, 0.05) is 27.4 Å². The van der Waals surface area contributed by atoms with Crippen molar-refractivity contribution < 1.29 is 0 Å². The van der Waals surface area contributed by atoms with Crippen LogP contribution in [0.3, 0.4) is 0 Å². The first-order chi connectivity index (χ1) is 11.6. The van der Waals surface area contributed by atoms with Crippen LogP contribution < -0.4 is 10.6 Å². The lowest BCUT2D eigenvalue weighted by atomic mass is 10.2. The Hall–Kier alpha value is -1.89. The minimum Gasteiger partial charge on any atom is -0.332 e. The molecule has 4 nitrogen and oxygen atoms in total. The number of benzene rings is 2. The van der Waals surface area contributed by atoms with Gasteiger partial charge < -0.3 is 10.6 Å². The maximum absolute atomic E-state index is 5.96. The molecule has 2 aromatic carbocycles. The Balaban J connectivity index is 1.59. The van der Waals surface area contributed by atoms with Gasteiger partial charge in [-0.05, 0) is 48.1 Å². The van der Waals surface area contributed by atoms with Crippen LogP contribution in [0.2, 0.25) is 5.02 Å². The fourth-order valence-electron chi connectivity index (χ4n) is 2.14. The van der Waals surface area contributed by atoms with E-state index in [-0.39, 0.29) is 0 Å². The summed E-state index contributed by atoms with van der Waals surface area (Å²) in [6.45, 7) is 0.698. The standard InChI is InChI=1S/C17H14BrClN4S/c18-13-6-4-12(5-7-13)11-23-9-8-16(22-23)21-17(24)20-15-3-1-2-14(19)10-15/h1-10H,11H2,(H2,20,21,22,24). The van der Waals surface area contributed by atoms with Crippen LogP contribution in [0.15, 0.2) is 65.3 Å². The molecule has 0 unspecified atom stereocenters. The molecule has 3 aromatic rings. The van der Waals surface area contributed by atoms with Crippen molar-refractivity contribution in [2.75, 3.05) is 10.6 Å². The van der Waals surface area contributed by atoms with Gasteiger partial charge in [-0.1, -0.05) is 45.7 Å². The monoisotopic (exact) mass is 420 g/mol. The highest BCUT2D eigenvalue weighted by molar-refractivity contribution is 9.10. The van der Waals surface area contributed by atoms with Gasteiger partial charge in [-0.25, -0.2) is 0 Å². The Morgan fingerprint density at radius 1 is 1.12 bits per heavy atom. The van der Waals surface area contributed by atoms with E-state index in [2.05, 4.69) is 43.8 Å². The average molecular weight is 422 g/mol. The highest BCUT2D eigenvalue weighted by Gasteiger charge is 2.03. The molecule has 122 valence electrons. The first kappa shape index (κ1) is 17.0. The molecule has 0 aliphatic rings. The topological polar surface area (TPSA) is 41.9 Å². The predicted octanol–water partition coefficient (Wildman–Crippen LogP) is 5.16. The van der Waals surface area contributed by atoms with E-state index in [1.54, 1.807) is 0 Å². The van der Waals surface area contributed by atoms with E-state index in [4.69, 9.17) is 23.8 Å². The minimum atomic E-state index is 0.464. The molecule has 1 heterocycles. The molecule has 0 spiro atoms. The molecule has 0 saturated heterocycles. The Bertz CT molecular complexity index is 848. The molecular formula is C17H14BrClN4S. The van der Waals surface area contributed by atoms with Crippen molar-refractivity contribution >= 4 is 56.4 Å². The van der Waals surface area contributed by atoms with Gasteiger partial charge in [-0.3, -0.25) is 4.68 Å². The van der Waals surface area contributed by atoms with E-state index in [9.17, 15) is 0 Å². The number of hydrogen-bond acceptors (Lipinski definition) is 2. The molecule has 0 aliphatic heterocycles. The van der Waals surface area contributed by atoms with Crippen molar-refractivity contribution in [2.45, 2.75) is 6.54 Å². The van der Waals surface area contributed by atoms with Crippen molar-refractivity contribution in [3.63, 3.8) is 0 Å². The first-order valence-electron chi connectivity index (χ1n) is 7.20. The number of nitrogens with zero attached hydrogens (tertiary/aromatic N) is 2. The van der Waals surface area contributed by atoms with Gasteiger partial charge in [0.05, 0.1) is 6.54 Å². The summed E-state index contributed by atoms with van der Waals surface area (Å²) in [6.07, 6.45) is 1.91. The summed E-state index contributed by atoms with van der Waals surface area (Å²) in [5.74, 6) is 0.687. The quantitative estimate of drug-likeness (QED) is 0.571. The number of nitrogens with one attached hydrogen (secondary N) is 2. The van der Waals surface area contributed by atoms with Crippen LogP contribution in [0, 0.1) is 0 Å². The van der Waals surface area contributed by atoms with Crippen molar-refractivity contribution in [1.29, 1.82) is 0 Å². The van der Waals surface area contributed by atoms with E-state index < -0.39 is 0 Å². The second-order valence-corrected chi connectivity index (χ2v) is 6.87. The number of hydrogen-bond donors (Lipinski definition) is 2. The van der Waals surface area contributed by atoms with Crippen molar-refractivity contribution in [2.24, 2.45) is 0 Å². The fourth-order valence-corrected chi connectivity index (χ4v) is 2.82. The summed E-state index contributed by atoms with van der Waals surface area (Å²) >= 11 is 14.7. The maximum Gasteiger partial charge on any atom is 0.176 e. The Kier molecular flexibility index (Phi) is 5.50. The summed E-state index contributed by atoms with van der Waals surface area (Å²) in [5.41, 5.74) is 2.00. The Morgan fingerprint density at radius 3 is 2.67 bits per heavy atom. The molecule has 0 radical (unpaired) electrons. The van der Waals surface area contributed by atoms with Crippen LogP contribution in [0.5, 0.6) is 0 Å². The lowest BCUT2D eigenvalue weighted by molar-refractivity contribution is 0.690. The molecule has 7 heteroatoms. The molecule has 0 amide bonds. The van der Waals surface area contributed by atoms with E-state index in [1.165, 1.54) is 5.56 Å². The van der Waals surface area contributed by atoms with Crippen LogP contribution in [0.25, 0.3) is 0 Å². The summed E-state index contributed by atoms with van der Waals surface area (Å²) in [5, 5.41) is 11.7. The molecule has 3 rings (SSSR count). The molecular weight excluding hydrogens is 408 g/mol. The van der Waals surface area contributed by atoms with Gasteiger partial charge in [0.2, 0.25) is 0 Å². The van der Waals surface area contributed by atoms with Crippen LogP contribution in [0.1, 0.15) is 5.56 Å². The second-order valence-electron chi connectivity index (χ2n) is 5.11. The van der Waals surface area contributed by atoms with Crippen molar-refractivity contribution in [3.8, 4) is 0 Å². The Morgan fingerprint density at radius 2 is 1.92 bits per heavy atom. The van der Waals surface area contributed by atoms with Gasteiger partial charge in [0.15, 0.2) is 10.9 Å². The second kappa shape index (κ2) is 7.79. The minimum absolute atomic E-state index is 0.464. The molecule has 0 fully saturated rings. The van der Waals surface area contributed by atoms with Crippen LogP contribution in [0.4, 0.5) is 11.5 Å². The molecule has 0 saturated carbocycles. The summed E-state index contributed by atoms with van der Waals surface area (Å²) in [4.78, 5) is 0. The zero-order chi connectivity index (χ0) is 16.9. The smallest absolute Gasteiger partial charge is 0.176 e. The first-order valence-corrected chi connectivity index (χ1v) is 8.78. The van der Waals surface area contributed by atoms with Crippen LogP contribution in [-0.4, -0.2) is 14.9 Å². The largest absolute Gasteiger partial charge is 0.332 e. The number of anilines is 2. The summed E-state index contributed by atoms with van der Waals surface area (Å²) in [7, 11) is 0. The number of rotatable bonds is 4. The van der Waals surface area contributed by atoms with Gasteiger partial charge in [0.25, 0.3) is 0 Å². The lowest BCUT2D eigenvalue weighted by Gasteiger charge is -2.08. The molecule has 24 heavy (non-hydrogen) atoms. The molecule has 2 N–H and O–H groups in total. The third kappa shape index (κ3) is 4.80. The van der Waals surface area contributed by atoms with E-state index in [1.807, 2.05) is 53.3 Å². The lowest BCUT2D eigenvalue weighted by Crippen LogP contribution is -2.19. The molecule has 0 aliphatic carbocycles. The third-order valence-electron chi connectivity index (χ3n) is 3.22. The number of aromatic nitrogens is 2. The molecule has 1 aromatic heterocycles. The number of thiocarbonyl (C=S) groups is 1. The zero-order valence-electron chi connectivity index (χ0n) is 12.5.